The number of rotatable bonds is 2. The number of likely N-dealkylation sites (N-methyl/N-ethyl adjacent to an activating group) is 1. The minimum Gasteiger partial charge on any atom is -0.304 e. The van der Waals surface area contributed by atoms with Gasteiger partial charge in [0.2, 0.25) is 0 Å². The normalized spacial score (nSPS) is 21.3. The molecule has 3 heterocycles. The number of aromatic amines is 1. The monoisotopic (exact) mass is 280 g/mol. The molecule has 2 aromatic heterocycles. The summed E-state index contributed by atoms with van der Waals surface area (Å²) in [5.74, 6) is 0.982. The third-order valence-electron chi connectivity index (χ3n) is 3.41. The topological polar surface area (TPSA) is 36.9 Å². The van der Waals surface area contributed by atoms with Crippen LogP contribution in [0.15, 0.2) is 17.5 Å². The van der Waals surface area contributed by atoms with E-state index >= 15 is 0 Å². The summed E-state index contributed by atoms with van der Waals surface area (Å²) in [6, 6.07) is 4.58. The van der Waals surface area contributed by atoms with Crippen LogP contribution in [0.2, 0.25) is 0 Å². The number of likely N-dealkylation sites (tertiary alicyclic amines) is 1. The van der Waals surface area contributed by atoms with Crippen molar-refractivity contribution in [2.24, 2.45) is 0 Å². The molecule has 0 aromatic carbocycles. The molecule has 1 fully saturated rings. The van der Waals surface area contributed by atoms with Crippen LogP contribution in [0.1, 0.15) is 18.9 Å². The highest BCUT2D eigenvalue weighted by atomic mass is 32.1. The Labute approximate surface area is 115 Å². The van der Waals surface area contributed by atoms with Gasteiger partial charge in [-0.2, -0.15) is 5.10 Å². The van der Waals surface area contributed by atoms with Crippen molar-refractivity contribution in [3.8, 4) is 10.7 Å². The Bertz CT molecular complexity index is 569. The Morgan fingerprint density at radius 2 is 2.44 bits per heavy atom. The van der Waals surface area contributed by atoms with E-state index in [-0.39, 0.29) is 0 Å². The summed E-state index contributed by atoms with van der Waals surface area (Å²) in [5.41, 5.74) is 0. The Morgan fingerprint density at radius 1 is 1.56 bits per heavy atom. The van der Waals surface area contributed by atoms with Gasteiger partial charge in [0.1, 0.15) is 0 Å². The van der Waals surface area contributed by atoms with E-state index in [4.69, 9.17) is 12.2 Å². The van der Waals surface area contributed by atoms with Crippen LogP contribution in [-0.4, -0.2) is 39.8 Å². The summed E-state index contributed by atoms with van der Waals surface area (Å²) in [6.45, 7) is 2.22. The van der Waals surface area contributed by atoms with E-state index in [1.807, 2.05) is 0 Å². The highest BCUT2D eigenvalue weighted by Gasteiger charge is 2.23. The van der Waals surface area contributed by atoms with Crippen molar-refractivity contribution < 1.29 is 0 Å². The second-order valence-electron chi connectivity index (χ2n) is 4.76. The maximum Gasteiger partial charge on any atom is 0.195 e. The fourth-order valence-corrected chi connectivity index (χ4v) is 3.56. The molecule has 1 N–H and O–H groups in total. The number of piperidine rings is 1. The minimum absolute atomic E-state index is 0.437. The van der Waals surface area contributed by atoms with Crippen molar-refractivity contribution in [2.75, 3.05) is 20.1 Å². The van der Waals surface area contributed by atoms with Gasteiger partial charge >= 0.3 is 0 Å². The maximum atomic E-state index is 5.40. The highest BCUT2D eigenvalue weighted by molar-refractivity contribution is 7.71. The van der Waals surface area contributed by atoms with Crippen molar-refractivity contribution in [3.63, 3.8) is 0 Å². The average molecular weight is 280 g/mol. The number of thiophene rings is 1. The number of aromatic nitrogens is 3. The number of nitrogens with zero attached hydrogens (tertiary/aromatic N) is 3. The van der Waals surface area contributed by atoms with Gasteiger partial charge in [0.05, 0.1) is 10.9 Å². The summed E-state index contributed by atoms with van der Waals surface area (Å²) in [4.78, 5) is 3.54. The number of nitrogens with one attached hydrogen (secondary N) is 1. The molecule has 1 saturated heterocycles. The molecule has 0 bridgehead atoms. The molecule has 0 radical (unpaired) electrons. The molecule has 1 aliphatic heterocycles. The molecular formula is C12H16N4S2. The van der Waals surface area contributed by atoms with E-state index in [2.05, 4.69) is 44.2 Å². The summed E-state index contributed by atoms with van der Waals surface area (Å²) in [6.07, 6.45) is 2.40. The Kier molecular flexibility index (Phi) is 3.32. The minimum atomic E-state index is 0.437. The molecule has 96 valence electrons. The molecule has 2 aromatic rings. The van der Waals surface area contributed by atoms with Gasteiger partial charge in [0, 0.05) is 6.54 Å². The molecule has 6 heteroatoms. The van der Waals surface area contributed by atoms with Crippen LogP contribution in [0.5, 0.6) is 0 Å². The molecule has 0 saturated carbocycles. The zero-order valence-electron chi connectivity index (χ0n) is 10.3. The van der Waals surface area contributed by atoms with Gasteiger partial charge in [-0.1, -0.05) is 6.07 Å². The first kappa shape index (κ1) is 12.1. The third kappa shape index (κ3) is 2.15. The fraction of sp³-hybridized carbons (Fsp3) is 0.500. The molecular weight excluding hydrogens is 264 g/mol. The second kappa shape index (κ2) is 4.95. The summed E-state index contributed by atoms with van der Waals surface area (Å²) in [7, 11) is 2.17. The van der Waals surface area contributed by atoms with Gasteiger partial charge in [-0.3, -0.25) is 9.67 Å². The van der Waals surface area contributed by atoms with E-state index in [1.54, 1.807) is 11.3 Å². The van der Waals surface area contributed by atoms with Crippen LogP contribution in [0.3, 0.4) is 0 Å². The second-order valence-corrected chi connectivity index (χ2v) is 6.09. The SMILES string of the molecule is CN1CCCC(n2c(-c3cccs3)n[nH]c2=S)C1. The first-order chi connectivity index (χ1) is 8.75. The predicted octanol–water partition coefficient (Wildman–Crippen LogP) is 2.94. The van der Waals surface area contributed by atoms with Crippen LogP contribution in [0, 0.1) is 4.77 Å². The van der Waals surface area contributed by atoms with Gasteiger partial charge < -0.3 is 4.90 Å². The third-order valence-corrected chi connectivity index (χ3v) is 4.56. The molecule has 3 rings (SSSR count). The zero-order chi connectivity index (χ0) is 12.5. The molecule has 1 atom stereocenters. The van der Waals surface area contributed by atoms with E-state index < -0.39 is 0 Å². The predicted molar refractivity (Wildman–Crippen MR) is 76.5 cm³/mol. The molecule has 4 nitrogen and oxygen atoms in total. The number of hydrogen-bond donors (Lipinski definition) is 1. The summed E-state index contributed by atoms with van der Waals surface area (Å²) in [5, 5.41) is 9.41. The molecule has 0 aliphatic carbocycles. The van der Waals surface area contributed by atoms with Crippen molar-refractivity contribution in [2.45, 2.75) is 18.9 Å². The lowest BCUT2D eigenvalue weighted by Gasteiger charge is -2.30. The average Bonchev–Trinajstić information content (AvgIpc) is 2.97. The maximum absolute atomic E-state index is 5.40. The molecule has 1 unspecified atom stereocenters. The van der Waals surface area contributed by atoms with E-state index in [9.17, 15) is 0 Å². The van der Waals surface area contributed by atoms with Crippen molar-refractivity contribution in [3.05, 3.63) is 22.3 Å². The van der Waals surface area contributed by atoms with Crippen LogP contribution < -0.4 is 0 Å². The summed E-state index contributed by atoms with van der Waals surface area (Å²) >= 11 is 7.10. The Balaban J connectivity index is 2.01. The van der Waals surface area contributed by atoms with Gasteiger partial charge in [-0.05, 0) is 50.1 Å². The smallest absolute Gasteiger partial charge is 0.195 e. The van der Waals surface area contributed by atoms with Crippen molar-refractivity contribution in [1.82, 2.24) is 19.7 Å². The molecule has 18 heavy (non-hydrogen) atoms. The van der Waals surface area contributed by atoms with Crippen LogP contribution >= 0.6 is 23.6 Å². The summed E-state index contributed by atoms with van der Waals surface area (Å²) < 4.78 is 2.93. The highest BCUT2D eigenvalue weighted by Crippen LogP contribution is 2.29. The van der Waals surface area contributed by atoms with Gasteiger partial charge in [-0.15, -0.1) is 11.3 Å². The quantitative estimate of drug-likeness (QED) is 0.859. The zero-order valence-corrected chi connectivity index (χ0v) is 11.9. The van der Waals surface area contributed by atoms with Crippen molar-refractivity contribution >= 4 is 23.6 Å². The van der Waals surface area contributed by atoms with Crippen LogP contribution in [-0.2, 0) is 0 Å². The van der Waals surface area contributed by atoms with E-state index in [0.717, 1.165) is 17.1 Å². The first-order valence-corrected chi connectivity index (χ1v) is 7.44. The van der Waals surface area contributed by atoms with E-state index in [0.29, 0.717) is 6.04 Å². The van der Waals surface area contributed by atoms with Crippen LogP contribution in [0.25, 0.3) is 10.7 Å². The number of H-pyrrole nitrogens is 1. The Hall–Kier alpha value is -0.980. The first-order valence-electron chi connectivity index (χ1n) is 6.15. The van der Waals surface area contributed by atoms with Gasteiger partial charge in [0.25, 0.3) is 0 Å². The largest absolute Gasteiger partial charge is 0.304 e. The standard InChI is InChI=1S/C12H16N4S2/c1-15-6-2-4-9(8-15)16-11(13-14-12(16)17)10-5-3-7-18-10/h3,5,7,9H,2,4,6,8H2,1H3,(H,14,17). The van der Waals surface area contributed by atoms with Crippen LogP contribution in [0.4, 0.5) is 0 Å². The lowest BCUT2D eigenvalue weighted by Crippen LogP contribution is -2.33. The van der Waals surface area contributed by atoms with Gasteiger partial charge in [-0.25, -0.2) is 0 Å². The lowest BCUT2D eigenvalue weighted by atomic mass is 10.1. The Morgan fingerprint density at radius 3 is 3.17 bits per heavy atom. The van der Waals surface area contributed by atoms with Crippen molar-refractivity contribution in [1.29, 1.82) is 0 Å². The van der Waals surface area contributed by atoms with E-state index in [1.165, 1.54) is 24.3 Å². The molecule has 1 aliphatic rings. The molecule has 0 spiro atoms. The number of hydrogen-bond acceptors (Lipinski definition) is 4. The van der Waals surface area contributed by atoms with Gasteiger partial charge in [0.15, 0.2) is 10.6 Å². The molecule has 0 amide bonds. The fourth-order valence-electron chi connectivity index (χ4n) is 2.57. The lowest BCUT2D eigenvalue weighted by molar-refractivity contribution is 0.212.